The minimum absolute atomic E-state index is 0.166. The van der Waals surface area contributed by atoms with Crippen LogP contribution in [0, 0.1) is 6.92 Å². The van der Waals surface area contributed by atoms with Gasteiger partial charge in [-0.2, -0.15) is 0 Å². The molecule has 0 radical (unpaired) electrons. The lowest BCUT2D eigenvalue weighted by Crippen LogP contribution is -2.44. The number of piperidine rings is 1. The summed E-state index contributed by atoms with van der Waals surface area (Å²) in [4.78, 5) is 18.8. The summed E-state index contributed by atoms with van der Waals surface area (Å²) < 4.78 is 5.88. The first kappa shape index (κ1) is 16.7. The molecule has 1 saturated heterocycles. The van der Waals surface area contributed by atoms with Crippen LogP contribution < -0.4 is 5.32 Å². The minimum Gasteiger partial charge on any atom is -0.440 e. The van der Waals surface area contributed by atoms with Gasteiger partial charge >= 0.3 is 0 Å². The van der Waals surface area contributed by atoms with Crippen molar-refractivity contribution in [2.45, 2.75) is 38.6 Å². The number of hydrogen-bond donors (Lipinski definition) is 1. The number of benzene rings is 1. The number of nitrogens with zero attached hydrogens (tertiary/aromatic N) is 2. The van der Waals surface area contributed by atoms with Crippen molar-refractivity contribution in [1.29, 1.82) is 0 Å². The van der Waals surface area contributed by atoms with Crippen molar-refractivity contribution in [2.75, 3.05) is 20.1 Å². The molecule has 0 saturated carbocycles. The van der Waals surface area contributed by atoms with Crippen LogP contribution in [0.2, 0.25) is 0 Å². The average Bonchev–Trinajstić information content (AvgIpc) is 3.01. The molecule has 5 heteroatoms. The number of oxazole rings is 1. The first-order valence-corrected chi connectivity index (χ1v) is 8.63. The Labute approximate surface area is 143 Å². The molecule has 0 spiro atoms. The summed E-state index contributed by atoms with van der Waals surface area (Å²) in [7, 11) is 1.91. The largest absolute Gasteiger partial charge is 0.440 e. The molecule has 1 fully saturated rings. The molecule has 3 rings (SSSR count). The third kappa shape index (κ3) is 3.85. The summed E-state index contributed by atoms with van der Waals surface area (Å²) in [6.45, 7) is 3.92. The van der Waals surface area contributed by atoms with Crippen molar-refractivity contribution in [3.05, 3.63) is 41.9 Å². The Morgan fingerprint density at radius 1 is 1.29 bits per heavy atom. The maximum Gasteiger partial charge on any atom is 0.223 e. The number of rotatable bonds is 5. The molecule has 1 aromatic carbocycles. The van der Waals surface area contributed by atoms with Gasteiger partial charge in [0, 0.05) is 31.5 Å². The molecule has 5 nitrogen and oxygen atoms in total. The maximum absolute atomic E-state index is 12.4. The van der Waals surface area contributed by atoms with E-state index in [1.165, 1.54) is 0 Å². The Balaban J connectivity index is 1.59. The predicted molar refractivity (Wildman–Crippen MR) is 93.7 cm³/mol. The van der Waals surface area contributed by atoms with Crippen LogP contribution in [0.4, 0.5) is 0 Å². The molecule has 1 aromatic heterocycles. The lowest BCUT2D eigenvalue weighted by molar-refractivity contribution is -0.132. The predicted octanol–water partition coefficient (Wildman–Crippen LogP) is 2.79. The number of hydrogen-bond acceptors (Lipinski definition) is 4. The van der Waals surface area contributed by atoms with Crippen molar-refractivity contribution in [1.82, 2.24) is 15.2 Å². The zero-order valence-electron chi connectivity index (χ0n) is 14.4. The number of aryl methyl sites for hydroxylation is 2. The second-order valence-corrected chi connectivity index (χ2v) is 6.37. The summed E-state index contributed by atoms with van der Waals surface area (Å²) in [5.41, 5.74) is 1.89. The highest BCUT2D eigenvalue weighted by atomic mass is 16.4. The van der Waals surface area contributed by atoms with Gasteiger partial charge in [0.05, 0.1) is 5.69 Å². The monoisotopic (exact) mass is 327 g/mol. The van der Waals surface area contributed by atoms with E-state index in [4.69, 9.17) is 4.42 Å². The Morgan fingerprint density at radius 3 is 2.71 bits per heavy atom. The van der Waals surface area contributed by atoms with Gasteiger partial charge < -0.3 is 14.6 Å². The SMILES string of the molecule is Cc1nc(CCC(=O)N(C)C2CCNCC2)oc1-c1ccccc1. The standard InChI is InChI=1S/C19H25N3O2/c1-14-19(15-6-4-3-5-7-15)24-17(21-14)8-9-18(23)22(2)16-10-12-20-13-11-16/h3-7,16,20H,8-13H2,1-2H3. The Morgan fingerprint density at radius 2 is 2.00 bits per heavy atom. The summed E-state index contributed by atoms with van der Waals surface area (Å²) in [6.07, 6.45) is 3.04. The molecule has 0 atom stereocenters. The van der Waals surface area contributed by atoms with Crippen LogP contribution in [0.15, 0.2) is 34.7 Å². The summed E-state index contributed by atoms with van der Waals surface area (Å²) >= 11 is 0. The van der Waals surface area contributed by atoms with Crippen molar-refractivity contribution in [3.8, 4) is 11.3 Å². The first-order valence-electron chi connectivity index (χ1n) is 8.63. The van der Waals surface area contributed by atoms with Gasteiger partial charge in [-0.25, -0.2) is 4.98 Å². The molecule has 0 aliphatic carbocycles. The van der Waals surface area contributed by atoms with Gasteiger partial charge in [-0.1, -0.05) is 30.3 Å². The third-order valence-corrected chi connectivity index (χ3v) is 4.68. The number of carbonyl (C=O) groups excluding carboxylic acids is 1. The molecule has 1 N–H and O–H groups in total. The van der Waals surface area contributed by atoms with Crippen LogP contribution >= 0.6 is 0 Å². The van der Waals surface area contributed by atoms with E-state index in [-0.39, 0.29) is 5.91 Å². The minimum atomic E-state index is 0.166. The second-order valence-electron chi connectivity index (χ2n) is 6.37. The molecule has 1 aliphatic rings. The molecular weight excluding hydrogens is 302 g/mol. The molecule has 1 amide bonds. The molecular formula is C19H25N3O2. The van der Waals surface area contributed by atoms with Gasteiger partial charge in [0.2, 0.25) is 5.91 Å². The zero-order chi connectivity index (χ0) is 16.9. The normalized spacial score (nSPS) is 15.4. The lowest BCUT2D eigenvalue weighted by Gasteiger charge is -2.31. The van der Waals surface area contributed by atoms with Crippen LogP contribution in [-0.2, 0) is 11.2 Å². The van der Waals surface area contributed by atoms with Gasteiger partial charge in [-0.05, 0) is 32.9 Å². The van der Waals surface area contributed by atoms with Gasteiger partial charge in [0.15, 0.2) is 11.7 Å². The summed E-state index contributed by atoms with van der Waals surface area (Å²) in [5.74, 6) is 1.60. The maximum atomic E-state index is 12.4. The quantitative estimate of drug-likeness (QED) is 0.917. The Hall–Kier alpha value is -2.14. The fourth-order valence-corrected chi connectivity index (χ4v) is 3.20. The van der Waals surface area contributed by atoms with Crippen molar-refractivity contribution >= 4 is 5.91 Å². The average molecular weight is 327 g/mol. The molecule has 24 heavy (non-hydrogen) atoms. The summed E-state index contributed by atoms with van der Waals surface area (Å²) in [5, 5.41) is 3.33. The van der Waals surface area contributed by atoms with E-state index in [1.54, 1.807) is 0 Å². The van der Waals surface area contributed by atoms with Crippen LogP contribution in [0.5, 0.6) is 0 Å². The first-order chi connectivity index (χ1) is 11.6. The van der Waals surface area contributed by atoms with Gasteiger partial charge in [-0.3, -0.25) is 4.79 Å². The van der Waals surface area contributed by atoms with Crippen molar-refractivity contribution < 1.29 is 9.21 Å². The number of carbonyl (C=O) groups is 1. The van der Waals surface area contributed by atoms with Crippen LogP contribution in [0.3, 0.4) is 0 Å². The van der Waals surface area contributed by atoms with Gasteiger partial charge in [-0.15, -0.1) is 0 Å². The Kier molecular flexibility index (Phi) is 5.30. The van der Waals surface area contributed by atoms with Crippen molar-refractivity contribution in [2.24, 2.45) is 0 Å². The molecule has 1 aliphatic heterocycles. The second kappa shape index (κ2) is 7.62. The fourth-order valence-electron chi connectivity index (χ4n) is 3.20. The van der Waals surface area contributed by atoms with Crippen LogP contribution in [0.1, 0.15) is 30.8 Å². The van der Waals surface area contributed by atoms with Gasteiger partial charge in [0.25, 0.3) is 0 Å². The Bertz CT molecular complexity index is 675. The highest BCUT2D eigenvalue weighted by molar-refractivity contribution is 5.76. The number of nitrogens with one attached hydrogen (secondary N) is 1. The van der Waals surface area contributed by atoms with Crippen LogP contribution in [-0.4, -0.2) is 42.0 Å². The molecule has 128 valence electrons. The van der Waals surface area contributed by atoms with E-state index in [2.05, 4.69) is 10.3 Å². The third-order valence-electron chi connectivity index (χ3n) is 4.68. The summed E-state index contributed by atoms with van der Waals surface area (Å²) in [6, 6.07) is 10.3. The molecule has 2 heterocycles. The highest BCUT2D eigenvalue weighted by Crippen LogP contribution is 2.24. The lowest BCUT2D eigenvalue weighted by atomic mass is 10.0. The van der Waals surface area contributed by atoms with E-state index in [0.717, 1.165) is 42.9 Å². The van der Waals surface area contributed by atoms with Gasteiger partial charge in [0.1, 0.15) is 0 Å². The van der Waals surface area contributed by atoms with Crippen molar-refractivity contribution in [3.63, 3.8) is 0 Å². The topological polar surface area (TPSA) is 58.4 Å². The van der Waals surface area contributed by atoms with E-state index in [9.17, 15) is 4.79 Å². The zero-order valence-corrected chi connectivity index (χ0v) is 14.4. The molecule has 2 aromatic rings. The van der Waals surface area contributed by atoms with E-state index < -0.39 is 0 Å². The molecule has 0 bridgehead atoms. The van der Waals surface area contributed by atoms with E-state index in [0.29, 0.717) is 24.8 Å². The molecule has 0 unspecified atom stereocenters. The van der Waals surface area contributed by atoms with Crippen LogP contribution in [0.25, 0.3) is 11.3 Å². The fraction of sp³-hybridized carbons (Fsp3) is 0.474. The smallest absolute Gasteiger partial charge is 0.223 e. The highest BCUT2D eigenvalue weighted by Gasteiger charge is 2.22. The van der Waals surface area contributed by atoms with E-state index in [1.807, 2.05) is 49.2 Å². The number of aromatic nitrogens is 1. The van der Waals surface area contributed by atoms with E-state index >= 15 is 0 Å². The number of amides is 1.